The third-order valence-electron chi connectivity index (χ3n) is 3.30. The molecule has 0 saturated heterocycles. The molecule has 2 aromatic carbocycles. The van der Waals surface area contributed by atoms with Gasteiger partial charge < -0.3 is 10.2 Å². The molecular weight excluding hydrogens is 266 g/mol. The van der Waals surface area contributed by atoms with Crippen LogP contribution < -0.4 is 0 Å². The summed E-state index contributed by atoms with van der Waals surface area (Å²) in [6, 6.07) is 11.6. The monoisotopic (exact) mass is 281 g/mol. The zero-order chi connectivity index (χ0) is 15.4. The van der Waals surface area contributed by atoms with E-state index in [2.05, 4.69) is 0 Å². The maximum Gasteiger partial charge on any atom is 0.336 e. The summed E-state index contributed by atoms with van der Waals surface area (Å²) in [6.45, 7) is 2.01. The van der Waals surface area contributed by atoms with Gasteiger partial charge in [0.2, 0.25) is 0 Å². The highest BCUT2D eigenvalue weighted by atomic mass is 16.4. The lowest BCUT2D eigenvalue weighted by Crippen LogP contribution is -2.03. The minimum atomic E-state index is -1.04. The highest BCUT2D eigenvalue weighted by Crippen LogP contribution is 2.35. The Hall–Kier alpha value is -2.80. The van der Waals surface area contributed by atoms with Gasteiger partial charge in [0.15, 0.2) is 0 Å². The molecule has 0 spiro atoms. The average Bonchev–Trinajstić information content (AvgIpc) is 2.47. The smallest absolute Gasteiger partial charge is 0.336 e. The Morgan fingerprint density at radius 3 is 2.62 bits per heavy atom. The molecule has 0 unspecified atom stereocenters. The van der Waals surface area contributed by atoms with Gasteiger partial charge >= 0.3 is 5.97 Å². The van der Waals surface area contributed by atoms with Gasteiger partial charge in [0.1, 0.15) is 5.75 Å². The molecule has 4 nitrogen and oxygen atoms in total. The highest BCUT2D eigenvalue weighted by Gasteiger charge is 2.18. The third-order valence-corrected chi connectivity index (χ3v) is 3.30. The Morgan fingerprint density at radius 1 is 1.29 bits per heavy atom. The van der Waals surface area contributed by atoms with E-state index in [1.54, 1.807) is 18.2 Å². The van der Waals surface area contributed by atoms with Gasteiger partial charge in [-0.3, -0.25) is 0 Å². The van der Waals surface area contributed by atoms with E-state index in [0.29, 0.717) is 16.7 Å². The van der Waals surface area contributed by atoms with E-state index in [9.17, 15) is 15.0 Å². The Balaban J connectivity index is 2.72. The number of nitrogens with zero attached hydrogens (tertiary/aromatic N) is 1. The quantitative estimate of drug-likeness (QED) is 0.897. The SMILES string of the molecule is CCCc1cccc(C(=O)O)c1-c1ccc(C#N)cc1O. The van der Waals surface area contributed by atoms with Crippen LogP contribution in [0.4, 0.5) is 0 Å². The summed E-state index contributed by atoms with van der Waals surface area (Å²) in [5, 5.41) is 28.4. The number of aromatic carboxylic acids is 1. The molecule has 0 aliphatic rings. The average molecular weight is 281 g/mol. The number of aromatic hydroxyl groups is 1. The van der Waals surface area contributed by atoms with Gasteiger partial charge in [-0.15, -0.1) is 0 Å². The van der Waals surface area contributed by atoms with Gasteiger partial charge in [-0.2, -0.15) is 5.26 Å². The highest BCUT2D eigenvalue weighted by molar-refractivity contribution is 5.98. The van der Waals surface area contributed by atoms with Crippen LogP contribution in [0.5, 0.6) is 5.75 Å². The Kier molecular flexibility index (Phi) is 4.24. The minimum absolute atomic E-state index is 0.0832. The van der Waals surface area contributed by atoms with Crippen LogP contribution >= 0.6 is 0 Å². The molecule has 0 radical (unpaired) electrons. The second-order valence-corrected chi connectivity index (χ2v) is 4.74. The first-order chi connectivity index (χ1) is 10.1. The zero-order valence-corrected chi connectivity index (χ0v) is 11.6. The first kappa shape index (κ1) is 14.6. The number of nitriles is 1. The van der Waals surface area contributed by atoms with Crippen LogP contribution in [0.15, 0.2) is 36.4 Å². The number of hydrogen-bond donors (Lipinski definition) is 2. The normalized spacial score (nSPS) is 10.1. The summed E-state index contributed by atoms with van der Waals surface area (Å²) < 4.78 is 0. The van der Waals surface area contributed by atoms with Gasteiger partial charge in [0.05, 0.1) is 17.2 Å². The number of benzene rings is 2. The lowest BCUT2D eigenvalue weighted by molar-refractivity contribution is 0.0697. The first-order valence-electron chi connectivity index (χ1n) is 6.67. The molecule has 106 valence electrons. The van der Waals surface area contributed by atoms with Crippen LogP contribution in [-0.4, -0.2) is 16.2 Å². The molecular formula is C17H15NO3. The lowest BCUT2D eigenvalue weighted by atomic mass is 9.91. The molecule has 0 fully saturated rings. The van der Waals surface area contributed by atoms with Crippen molar-refractivity contribution in [3.05, 3.63) is 53.1 Å². The second kappa shape index (κ2) is 6.10. The third kappa shape index (κ3) is 2.87. The van der Waals surface area contributed by atoms with Crippen molar-refractivity contribution in [1.82, 2.24) is 0 Å². The van der Waals surface area contributed by atoms with E-state index >= 15 is 0 Å². The molecule has 21 heavy (non-hydrogen) atoms. The van der Waals surface area contributed by atoms with Crippen LogP contribution in [0.3, 0.4) is 0 Å². The molecule has 4 heteroatoms. The number of carboxylic acid groups (broad SMARTS) is 1. The van der Waals surface area contributed by atoms with Crippen LogP contribution in [-0.2, 0) is 6.42 Å². The molecule has 0 amide bonds. The fraction of sp³-hybridized carbons (Fsp3) is 0.176. The van der Waals surface area contributed by atoms with E-state index < -0.39 is 5.97 Å². The number of phenolic OH excluding ortho intramolecular Hbond substituents is 1. The summed E-state index contributed by atoms with van der Waals surface area (Å²) in [5.41, 5.74) is 2.32. The van der Waals surface area contributed by atoms with E-state index in [0.717, 1.165) is 18.4 Å². The van der Waals surface area contributed by atoms with Crippen LogP contribution in [0, 0.1) is 11.3 Å². The predicted molar refractivity (Wildman–Crippen MR) is 79.2 cm³/mol. The van der Waals surface area contributed by atoms with Gasteiger partial charge in [-0.1, -0.05) is 25.5 Å². The number of aryl methyl sites for hydroxylation is 1. The molecule has 0 aliphatic heterocycles. The molecule has 0 heterocycles. The Bertz CT molecular complexity index is 729. The van der Waals surface area contributed by atoms with Crippen LogP contribution in [0.1, 0.15) is 34.8 Å². The van der Waals surface area contributed by atoms with Crippen molar-refractivity contribution in [3.8, 4) is 22.9 Å². The molecule has 2 rings (SSSR count). The van der Waals surface area contributed by atoms with Crippen molar-refractivity contribution in [3.63, 3.8) is 0 Å². The summed E-state index contributed by atoms with van der Waals surface area (Å²) >= 11 is 0. The summed E-state index contributed by atoms with van der Waals surface area (Å²) in [5.74, 6) is -1.12. The summed E-state index contributed by atoms with van der Waals surface area (Å²) in [4.78, 5) is 11.5. The number of phenols is 1. The maximum absolute atomic E-state index is 11.5. The molecule has 2 aromatic rings. The second-order valence-electron chi connectivity index (χ2n) is 4.74. The largest absolute Gasteiger partial charge is 0.507 e. The summed E-state index contributed by atoms with van der Waals surface area (Å²) in [6.07, 6.45) is 1.59. The van der Waals surface area contributed by atoms with Crippen molar-refractivity contribution in [2.75, 3.05) is 0 Å². The zero-order valence-electron chi connectivity index (χ0n) is 11.6. The number of rotatable bonds is 4. The molecule has 0 atom stereocenters. The van der Waals surface area contributed by atoms with Crippen molar-refractivity contribution in [1.29, 1.82) is 5.26 Å². The van der Waals surface area contributed by atoms with Gasteiger partial charge in [-0.05, 0) is 36.2 Å². The molecule has 0 saturated carbocycles. The number of carboxylic acids is 1. The fourth-order valence-corrected chi connectivity index (χ4v) is 2.39. The minimum Gasteiger partial charge on any atom is -0.507 e. The van der Waals surface area contributed by atoms with Crippen LogP contribution in [0.25, 0.3) is 11.1 Å². The standard InChI is InChI=1S/C17H15NO3/c1-2-4-12-5-3-6-14(17(20)21)16(12)13-8-7-11(10-18)9-15(13)19/h3,5-9,19H,2,4H2,1H3,(H,20,21). The Morgan fingerprint density at radius 2 is 2.05 bits per heavy atom. The topological polar surface area (TPSA) is 81.3 Å². The molecule has 0 aliphatic carbocycles. The lowest BCUT2D eigenvalue weighted by Gasteiger charge is -2.14. The van der Waals surface area contributed by atoms with Gasteiger partial charge in [0.25, 0.3) is 0 Å². The summed E-state index contributed by atoms with van der Waals surface area (Å²) in [7, 11) is 0. The first-order valence-corrected chi connectivity index (χ1v) is 6.67. The van der Waals surface area contributed by atoms with Gasteiger partial charge in [0, 0.05) is 11.1 Å². The van der Waals surface area contributed by atoms with E-state index in [4.69, 9.17) is 5.26 Å². The Labute approximate surface area is 122 Å². The molecule has 2 N–H and O–H groups in total. The molecule has 0 bridgehead atoms. The van der Waals surface area contributed by atoms with Crippen molar-refractivity contribution in [2.24, 2.45) is 0 Å². The van der Waals surface area contributed by atoms with E-state index in [1.807, 2.05) is 19.1 Å². The predicted octanol–water partition coefficient (Wildman–Crippen LogP) is 3.58. The fourth-order valence-electron chi connectivity index (χ4n) is 2.39. The van der Waals surface area contributed by atoms with Crippen molar-refractivity contribution < 1.29 is 15.0 Å². The number of carbonyl (C=O) groups is 1. The van der Waals surface area contributed by atoms with Crippen LogP contribution in [0.2, 0.25) is 0 Å². The number of hydrogen-bond acceptors (Lipinski definition) is 3. The van der Waals surface area contributed by atoms with E-state index in [-0.39, 0.29) is 11.3 Å². The van der Waals surface area contributed by atoms with Crippen molar-refractivity contribution >= 4 is 5.97 Å². The molecule has 0 aromatic heterocycles. The maximum atomic E-state index is 11.5. The van der Waals surface area contributed by atoms with Gasteiger partial charge in [-0.25, -0.2) is 4.79 Å². The van der Waals surface area contributed by atoms with E-state index in [1.165, 1.54) is 12.1 Å². The van der Waals surface area contributed by atoms with Crippen molar-refractivity contribution in [2.45, 2.75) is 19.8 Å².